The maximum absolute atomic E-state index is 12.9. The van der Waals surface area contributed by atoms with Crippen molar-refractivity contribution in [1.82, 2.24) is 0 Å². The van der Waals surface area contributed by atoms with Crippen molar-refractivity contribution < 1.29 is 128 Å². The van der Waals surface area contributed by atoms with Crippen molar-refractivity contribution in [1.29, 1.82) is 0 Å². The summed E-state index contributed by atoms with van der Waals surface area (Å²) < 4.78 is 61.0. The molecule has 14 N–H and O–H groups in total. The molecule has 30 unspecified atom stereocenters. The van der Waals surface area contributed by atoms with E-state index in [-0.39, 0.29) is 23.7 Å². The number of ether oxygens (including phenoxy) is 10. The first kappa shape index (κ1) is 65.3. The first-order valence-electron chi connectivity index (χ1n) is 29.3. The van der Waals surface area contributed by atoms with Crippen LogP contribution in [0.15, 0.2) is 11.6 Å². The smallest absolute Gasteiger partial charge is 0.303 e. The van der Waals surface area contributed by atoms with E-state index < -0.39 is 219 Å². The summed E-state index contributed by atoms with van der Waals surface area (Å²) in [5.74, 6) is -1.71. The van der Waals surface area contributed by atoms with Gasteiger partial charge in [0.25, 0.3) is 0 Å². The molecule has 9 rings (SSSR count). The Labute approximate surface area is 482 Å². The standard InChI is InChI=1S/C57H92O26/c1-23(61)76-46-47(77-24(2)62)57(22-60)26(16-52(46,3)4)25-10-11-32-54(7)14-13-34(53(5,6)31(54)12-15-55(32,8)56(25,9)17-33(57)64)81-51-45(83-50-42(72)39(69)37(67)29(19-59)79-50)43(73)44(82-49-41(71)38(68)36(66)28(18-58)78-49)30(80-51)21-75-48-40(70)35(65)27(63)20-74-48/h10,26-51,58-60,63-73H,11-22H2,1-9H3. The summed E-state index contributed by atoms with van der Waals surface area (Å²) >= 11 is 0. The average molecular weight is 1190 g/mol. The van der Waals surface area contributed by atoms with Gasteiger partial charge in [0.1, 0.15) is 104 Å². The molecule has 4 saturated heterocycles. The van der Waals surface area contributed by atoms with Crippen molar-refractivity contribution in [2.24, 2.45) is 50.2 Å². The summed E-state index contributed by atoms with van der Waals surface area (Å²) in [4.78, 5) is 25.5. The average Bonchev–Trinajstić information content (AvgIpc) is 0.717. The van der Waals surface area contributed by atoms with Gasteiger partial charge in [-0.25, -0.2) is 0 Å². The largest absolute Gasteiger partial charge is 0.458 e. The van der Waals surface area contributed by atoms with Crippen LogP contribution in [0.4, 0.5) is 0 Å². The van der Waals surface area contributed by atoms with Crippen LogP contribution in [0.1, 0.15) is 107 Å². The molecule has 0 aromatic heterocycles. The molecule has 8 fully saturated rings. The van der Waals surface area contributed by atoms with E-state index in [9.17, 15) is 81.1 Å². The Hall–Kier alpha value is -2.20. The van der Waals surface area contributed by atoms with Crippen LogP contribution in [-0.4, -0.2) is 258 Å². The first-order chi connectivity index (χ1) is 38.8. The summed E-state index contributed by atoms with van der Waals surface area (Å²) in [6, 6.07) is 0. The fraction of sp³-hybridized carbons (Fsp3) is 0.930. The highest BCUT2D eigenvalue weighted by Gasteiger charge is 2.74. The molecule has 0 amide bonds. The topological polar surface area (TPSA) is 410 Å². The fourth-order valence-corrected chi connectivity index (χ4v) is 17.2. The van der Waals surface area contributed by atoms with Crippen LogP contribution in [-0.2, 0) is 57.0 Å². The maximum Gasteiger partial charge on any atom is 0.303 e. The van der Waals surface area contributed by atoms with Gasteiger partial charge in [0.05, 0.1) is 50.7 Å². The van der Waals surface area contributed by atoms with Crippen molar-refractivity contribution in [3.8, 4) is 0 Å². The zero-order valence-electron chi connectivity index (χ0n) is 48.7. The predicted molar refractivity (Wildman–Crippen MR) is 280 cm³/mol. The summed E-state index contributed by atoms with van der Waals surface area (Å²) in [5.41, 5.74) is -3.23. The van der Waals surface area contributed by atoms with Gasteiger partial charge in [-0.15, -0.1) is 0 Å². The van der Waals surface area contributed by atoms with Gasteiger partial charge < -0.3 is 119 Å². The quantitative estimate of drug-likeness (QED) is 0.0472. The zero-order chi connectivity index (χ0) is 61.0. The highest BCUT2D eigenvalue weighted by atomic mass is 16.8. The second-order valence-electron chi connectivity index (χ2n) is 27.3. The number of allylic oxidation sites excluding steroid dienone is 2. The molecule has 30 atom stereocenters. The minimum atomic E-state index is -2.00. The molecule has 0 spiro atoms. The monoisotopic (exact) mass is 1190 g/mol. The van der Waals surface area contributed by atoms with Crippen LogP contribution < -0.4 is 0 Å². The van der Waals surface area contributed by atoms with E-state index in [1.165, 1.54) is 13.8 Å². The van der Waals surface area contributed by atoms with Gasteiger partial charge in [-0.1, -0.05) is 60.1 Å². The second-order valence-corrected chi connectivity index (χ2v) is 27.3. The lowest BCUT2D eigenvalue weighted by Crippen LogP contribution is -2.72. The molecule has 4 heterocycles. The van der Waals surface area contributed by atoms with Gasteiger partial charge >= 0.3 is 11.9 Å². The fourth-order valence-electron chi connectivity index (χ4n) is 17.2. The second kappa shape index (κ2) is 24.0. The predicted octanol–water partition coefficient (Wildman–Crippen LogP) is -2.87. The molecule has 9 aliphatic rings. The Morgan fingerprint density at radius 1 is 0.590 bits per heavy atom. The SMILES string of the molecule is CC(=O)OC1C(OC(C)=O)C2(CO)C(O)CC3(C)C(=CCC4C5(C)CCC(OC6OC(COC7OCC(O)C(O)C7O)C(OC7OC(CO)C(O)C(O)C7O)C(O)C6OC6OC(CO)C(O)C(O)C6O)C(C)(C)C5CCC43C)C2CC1(C)C. The summed E-state index contributed by atoms with van der Waals surface area (Å²) in [6.07, 6.45) is -31.5. The minimum Gasteiger partial charge on any atom is -0.458 e. The highest BCUT2D eigenvalue weighted by Crippen LogP contribution is 2.76. The molecule has 26 heteroatoms. The van der Waals surface area contributed by atoms with Gasteiger partial charge in [-0.05, 0) is 84.4 Å². The molecule has 0 aromatic carbocycles. The summed E-state index contributed by atoms with van der Waals surface area (Å²) in [6.45, 7) is 14.1. The van der Waals surface area contributed by atoms with E-state index in [0.29, 0.717) is 38.5 Å². The third kappa shape index (κ3) is 10.9. The lowest BCUT2D eigenvalue weighted by atomic mass is 9.33. The number of carbonyl (C=O) groups is 2. The number of aliphatic hydroxyl groups is 14. The maximum atomic E-state index is 12.9. The van der Waals surface area contributed by atoms with Crippen LogP contribution in [0.2, 0.25) is 0 Å². The van der Waals surface area contributed by atoms with Crippen molar-refractivity contribution in [2.75, 3.05) is 33.0 Å². The van der Waals surface area contributed by atoms with Crippen molar-refractivity contribution in [3.63, 3.8) is 0 Å². The lowest BCUT2D eigenvalue weighted by Gasteiger charge is -2.72. The van der Waals surface area contributed by atoms with Gasteiger partial charge in [0, 0.05) is 19.3 Å². The Kier molecular flexibility index (Phi) is 18.8. The third-order valence-corrected chi connectivity index (χ3v) is 21.9. The van der Waals surface area contributed by atoms with E-state index in [1.807, 2.05) is 13.8 Å². The molecule has 476 valence electrons. The molecule has 0 aromatic rings. The van der Waals surface area contributed by atoms with Crippen molar-refractivity contribution in [2.45, 2.75) is 248 Å². The number of hydrogen-bond donors (Lipinski definition) is 14. The van der Waals surface area contributed by atoms with E-state index in [2.05, 4.69) is 40.7 Å². The van der Waals surface area contributed by atoms with E-state index in [4.69, 9.17) is 47.4 Å². The number of hydrogen-bond acceptors (Lipinski definition) is 26. The molecular weight excluding hydrogens is 1100 g/mol. The zero-order valence-corrected chi connectivity index (χ0v) is 48.7. The third-order valence-electron chi connectivity index (χ3n) is 21.9. The molecule has 83 heavy (non-hydrogen) atoms. The Morgan fingerprint density at radius 2 is 1.14 bits per heavy atom. The van der Waals surface area contributed by atoms with Crippen LogP contribution >= 0.6 is 0 Å². The van der Waals surface area contributed by atoms with Crippen molar-refractivity contribution >= 4 is 11.9 Å². The first-order valence-corrected chi connectivity index (χ1v) is 29.3. The number of esters is 2. The van der Waals surface area contributed by atoms with E-state index in [1.54, 1.807) is 0 Å². The number of rotatable bonds is 14. The molecule has 0 radical (unpaired) electrons. The van der Waals surface area contributed by atoms with Crippen LogP contribution in [0.3, 0.4) is 0 Å². The molecule has 5 aliphatic carbocycles. The van der Waals surface area contributed by atoms with Gasteiger partial charge in [0.2, 0.25) is 0 Å². The van der Waals surface area contributed by atoms with E-state index >= 15 is 0 Å². The Balaban J connectivity index is 1.04. The van der Waals surface area contributed by atoms with Crippen LogP contribution in [0, 0.1) is 50.2 Å². The minimum absolute atomic E-state index is 0.0278. The van der Waals surface area contributed by atoms with Gasteiger partial charge in [0.15, 0.2) is 25.2 Å². The van der Waals surface area contributed by atoms with Gasteiger partial charge in [-0.2, -0.15) is 0 Å². The molecule has 4 saturated carbocycles. The molecular formula is C57H92O26. The van der Waals surface area contributed by atoms with E-state index in [0.717, 1.165) is 5.57 Å². The lowest BCUT2D eigenvalue weighted by molar-refractivity contribution is -0.398. The summed E-state index contributed by atoms with van der Waals surface area (Å²) in [5, 5.41) is 154. The Bertz CT molecular complexity index is 2320. The normalized spacial score (nSPS) is 52.2. The van der Waals surface area contributed by atoms with Crippen LogP contribution in [0.5, 0.6) is 0 Å². The number of fused-ring (bicyclic) bond motifs is 7. The Morgan fingerprint density at radius 3 is 1.71 bits per heavy atom. The summed E-state index contributed by atoms with van der Waals surface area (Å²) in [7, 11) is 0. The van der Waals surface area contributed by atoms with Crippen molar-refractivity contribution in [3.05, 3.63) is 11.6 Å². The highest BCUT2D eigenvalue weighted by molar-refractivity contribution is 5.68. The molecule has 4 aliphatic heterocycles. The van der Waals surface area contributed by atoms with Crippen LogP contribution in [0.25, 0.3) is 0 Å². The number of aliphatic hydroxyl groups excluding tert-OH is 14. The molecule has 26 nitrogen and oxygen atoms in total. The van der Waals surface area contributed by atoms with Gasteiger partial charge in [-0.3, -0.25) is 9.59 Å². The number of carbonyl (C=O) groups excluding carboxylic acids is 2. The molecule has 0 bridgehead atoms.